The van der Waals surface area contributed by atoms with Crippen molar-refractivity contribution >= 4 is 108 Å². The molecule has 1 rings (SSSR count). The van der Waals surface area contributed by atoms with Crippen molar-refractivity contribution in [3.63, 3.8) is 0 Å². The minimum Gasteiger partial charge on any atom is -0.135 e. The molecule has 1 aromatic carbocycles. The van der Waals surface area contributed by atoms with Gasteiger partial charge < -0.3 is 0 Å². The molecule has 0 saturated heterocycles. The molecule has 58 heavy (non-hydrogen) atoms. The predicted molar refractivity (Wildman–Crippen MR) is 312 cm³/mol. The second kappa shape index (κ2) is 18.8. The normalized spacial score (nSPS) is 15.9. The van der Waals surface area contributed by atoms with Crippen LogP contribution < -0.4 is 5.19 Å². The summed E-state index contributed by atoms with van der Waals surface area (Å²) >= 11 is 0. The fourth-order valence-corrected chi connectivity index (χ4v) is 228. The molecule has 13 heteroatoms. The first-order chi connectivity index (χ1) is 25.2. The minimum absolute atomic E-state index is 0.765. The van der Waals surface area contributed by atoms with Gasteiger partial charge in [-0.15, -0.1) is 11.1 Å². The van der Waals surface area contributed by atoms with Crippen LogP contribution in [0.15, 0.2) is 30.3 Å². The van der Waals surface area contributed by atoms with E-state index < -0.39 is 103 Å². The van der Waals surface area contributed by atoms with Crippen molar-refractivity contribution < 1.29 is 0 Å². The van der Waals surface area contributed by atoms with Gasteiger partial charge in [0.15, 0.2) is 0 Å². The Balaban J connectivity index is 6.11. The van der Waals surface area contributed by atoms with Crippen LogP contribution in [0.5, 0.6) is 0 Å². The van der Waals surface area contributed by atoms with Crippen molar-refractivity contribution in [2.75, 3.05) is 0 Å². The third kappa shape index (κ3) is 12.9. The molecule has 336 valence electrons. The van der Waals surface area contributed by atoms with Gasteiger partial charge in [-0.2, -0.15) is 0 Å². The van der Waals surface area contributed by atoms with Crippen LogP contribution in [-0.4, -0.2) is 103 Å². The molecule has 0 bridgehead atoms. The maximum Gasteiger partial charge on any atom is 0.128 e. The molecule has 0 aliphatic rings. The van der Waals surface area contributed by atoms with Gasteiger partial charge in [0, 0.05) is 72.0 Å². The molecular formula is C45H104Si13. The number of hydrogen-bond acceptors (Lipinski definition) is 0. The standard InChI is InChI=1S/C45H104Si13/c1-39(2)57(42(49(8,9)10)50(11,12)13,43(51(14,15)16)52(17,18)19)46(37-38-48(5,6)7)47(41-35-33-32-34-36-41)58(40(3)4,44(53(20,21)22)54(23,24)25)45(55(26,27)28)56(29,30)31/h32-36,39-40,42-45H,1-31H3/b47-46+. The summed E-state index contributed by atoms with van der Waals surface area (Å²) in [5.41, 5.74) is 11.1. The molecule has 1 aromatic rings. The summed E-state index contributed by atoms with van der Waals surface area (Å²) in [4.78, 5) is 3.90. The summed E-state index contributed by atoms with van der Waals surface area (Å²) in [6, 6.07) is 13.0. The Bertz CT molecular complexity index is 1480. The van der Waals surface area contributed by atoms with Gasteiger partial charge in [-0.25, -0.2) is 0 Å². The fraction of sp³-hybridized carbons (Fsp3) is 0.822. The molecule has 0 aromatic heterocycles. The number of hydrogen-bond donors (Lipinski definition) is 0. The van der Waals surface area contributed by atoms with Gasteiger partial charge in [0.05, 0.1) is 22.6 Å². The lowest BCUT2D eigenvalue weighted by Crippen LogP contribution is -2.81. The Kier molecular flexibility index (Phi) is 18.7. The van der Waals surface area contributed by atoms with E-state index in [9.17, 15) is 0 Å². The third-order valence-electron chi connectivity index (χ3n) is 13.5. The first kappa shape index (κ1) is 57.6. The maximum atomic E-state index is 5.01. The van der Waals surface area contributed by atoms with Crippen molar-refractivity contribution in [3.8, 4) is 11.1 Å². The lowest BCUT2D eigenvalue weighted by molar-refractivity contribution is 0.987. The van der Waals surface area contributed by atoms with E-state index in [1.807, 2.05) is 5.19 Å². The van der Waals surface area contributed by atoms with E-state index in [1.54, 1.807) is 0 Å². The monoisotopic (exact) mass is 1010 g/mol. The highest BCUT2D eigenvalue weighted by molar-refractivity contribution is 7.67. The van der Waals surface area contributed by atoms with E-state index in [1.165, 1.54) is 0 Å². The number of rotatable bonds is 17. The minimum atomic E-state index is -2.29. The fourth-order valence-electron chi connectivity index (χ4n) is 15.6. The van der Waals surface area contributed by atoms with Gasteiger partial charge in [0.2, 0.25) is 0 Å². The summed E-state index contributed by atoms with van der Waals surface area (Å²) < 4.78 is 0. The second-order valence-electron chi connectivity index (χ2n) is 29.5. The van der Waals surface area contributed by atoms with Crippen LogP contribution in [-0.2, 0) is 0 Å². The van der Waals surface area contributed by atoms with Crippen LogP contribution in [0.25, 0.3) is 0 Å². The summed E-state index contributed by atoms with van der Waals surface area (Å²) in [7, 11) is -22.3. The maximum absolute atomic E-state index is 5.01. The quantitative estimate of drug-likeness (QED) is 0.108. The SMILES string of the molecule is CC(C)[Si](C([Si](C)(C)C)[Si](C)(C)C)(C([Si](C)(C)C)[Si](C)(C)C)/[Si](C#C[Si](C)(C)C)=[Si](\c1ccccc1)[Si](C(C)C)(C([Si](C)(C)C)[Si](C)(C)C)C([Si](C)(C)C)[Si](C)(C)C. The van der Waals surface area contributed by atoms with Crippen LogP contribution in [0.4, 0.5) is 0 Å². The second-order valence-corrected chi connectivity index (χ2v) is 108. The average molecular weight is 1010 g/mol. The van der Waals surface area contributed by atoms with E-state index in [-0.39, 0.29) is 0 Å². The Hall–Kier alpha value is 1.60. The molecule has 0 N–H and O–H groups in total. The van der Waals surface area contributed by atoms with Crippen molar-refractivity contribution in [1.29, 1.82) is 0 Å². The molecule has 0 aliphatic carbocycles. The highest BCUT2D eigenvalue weighted by Crippen LogP contribution is 2.60. The molecule has 0 heterocycles. The van der Waals surface area contributed by atoms with E-state index in [0.29, 0.717) is 0 Å². The topological polar surface area (TPSA) is 0 Å². The summed E-state index contributed by atoms with van der Waals surface area (Å²) in [6.45, 7) is 88.7. The van der Waals surface area contributed by atoms with Crippen LogP contribution >= 0.6 is 0 Å². The Morgan fingerprint density at radius 1 is 0.362 bits per heavy atom. The molecule has 0 amide bonds. The van der Waals surface area contributed by atoms with Crippen molar-refractivity contribution in [2.45, 2.75) is 235 Å². The lowest BCUT2D eigenvalue weighted by atomic mass is 10.4. The molecule has 0 aliphatic heterocycles. The van der Waals surface area contributed by atoms with Gasteiger partial charge in [0.1, 0.15) is 8.07 Å². The van der Waals surface area contributed by atoms with Gasteiger partial charge in [0.25, 0.3) is 0 Å². The smallest absolute Gasteiger partial charge is 0.128 e. The molecule has 0 unspecified atom stereocenters. The first-order valence-corrected chi connectivity index (χ1v) is 66.1. The Morgan fingerprint density at radius 2 is 0.603 bits per heavy atom. The zero-order valence-electron chi connectivity index (χ0n) is 45.4. The Morgan fingerprint density at radius 3 is 0.810 bits per heavy atom. The van der Waals surface area contributed by atoms with Crippen LogP contribution in [0, 0.1) is 11.1 Å². The molecule has 0 spiro atoms. The highest BCUT2D eigenvalue weighted by Gasteiger charge is 2.70. The predicted octanol–water partition coefficient (Wildman–Crippen LogP) is 15.8. The van der Waals surface area contributed by atoms with Crippen LogP contribution in [0.3, 0.4) is 0 Å². The largest absolute Gasteiger partial charge is 0.135 e. The third-order valence-corrected chi connectivity index (χ3v) is 130. The molecule has 0 radical (unpaired) electrons. The van der Waals surface area contributed by atoms with Crippen molar-refractivity contribution in [2.24, 2.45) is 0 Å². The van der Waals surface area contributed by atoms with Crippen LogP contribution in [0.2, 0.25) is 207 Å². The van der Waals surface area contributed by atoms with Crippen LogP contribution in [0.1, 0.15) is 27.7 Å². The zero-order chi connectivity index (χ0) is 46.6. The van der Waals surface area contributed by atoms with Gasteiger partial charge in [-0.05, 0) is 5.19 Å². The summed E-state index contributed by atoms with van der Waals surface area (Å²) in [5.74, 6) is 0. The first-order valence-electron chi connectivity index (χ1n) is 23.5. The van der Waals surface area contributed by atoms with Crippen molar-refractivity contribution in [1.82, 2.24) is 0 Å². The highest BCUT2D eigenvalue weighted by atomic mass is 29.6. The molecule has 0 fully saturated rings. The zero-order valence-corrected chi connectivity index (χ0v) is 58.4. The average Bonchev–Trinajstić information content (AvgIpc) is 2.87. The molecular weight excluding hydrogens is 906 g/mol. The molecule has 0 saturated carbocycles. The van der Waals surface area contributed by atoms with E-state index >= 15 is 0 Å². The van der Waals surface area contributed by atoms with Gasteiger partial charge >= 0.3 is 0 Å². The van der Waals surface area contributed by atoms with E-state index in [2.05, 4.69) is 240 Å². The summed E-state index contributed by atoms with van der Waals surface area (Å²) in [6.07, 6.45) is 0. The summed E-state index contributed by atoms with van der Waals surface area (Å²) in [5, 5.41) is 1.89. The van der Waals surface area contributed by atoms with E-state index in [4.69, 9.17) is 5.54 Å². The lowest BCUT2D eigenvalue weighted by Gasteiger charge is -2.66. The van der Waals surface area contributed by atoms with Gasteiger partial charge in [-0.1, -0.05) is 265 Å². The van der Waals surface area contributed by atoms with Crippen molar-refractivity contribution in [3.05, 3.63) is 30.3 Å². The molecule has 0 nitrogen and oxygen atoms in total. The van der Waals surface area contributed by atoms with Gasteiger partial charge in [-0.3, -0.25) is 0 Å². The molecule has 0 atom stereocenters. The number of benzene rings is 1. The van der Waals surface area contributed by atoms with E-state index in [0.717, 1.165) is 30.2 Å². The Labute approximate surface area is 380 Å².